The number of carbonyl (C=O) groups is 3. The van der Waals surface area contributed by atoms with Gasteiger partial charge in [-0.25, -0.2) is 9.59 Å². The maximum absolute atomic E-state index is 12.7. The standard InChI is InChI=1S/C19H23N3O5/c1-4-21(5-2)15(23)10-22-14-11-27-18(24)16(14)17(20-19(22)25)12-6-8-13(26-3)9-7-12/h6-9,17H,4-5,10-11H2,1-3H3,(H,20,25)/t17-/m1/s1. The van der Waals surface area contributed by atoms with Gasteiger partial charge in [0.2, 0.25) is 5.91 Å². The van der Waals surface area contributed by atoms with Crippen LogP contribution >= 0.6 is 0 Å². The van der Waals surface area contributed by atoms with Crippen LogP contribution in [0.25, 0.3) is 0 Å². The van der Waals surface area contributed by atoms with E-state index in [1.165, 1.54) is 4.90 Å². The molecule has 0 radical (unpaired) electrons. The summed E-state index contributed by atoms with van der Waals surface area (Å²) in [7, 11) is 1.57. The van der Waals surface area contributed by atoms with Gasteiger partial charge in [0.25, 0.3) is 0 Å². The Morgan fingerprint density at radius 2 is 1.93 bits per heavy atom. The minimum absolute atomic E-state index is 0.0141. The highest BCUT2D eigenvalue weighted by molar-refractivity contribution is 5.98. The Labute approximate surface area is 157 Å². The summed E-state index contributed by atoms with van der Waals surface area (Å²) in [6.07, 6.45) is 0. The van der Waals surface area contributed by atoms with Crippen LogP contribution < -0.4 is 10.1 Å². The third kappa shape index (κ3) is 3.47. The maximum Gasteiger partial charge on any atom is 0.338 e. The molecular formula is C19H23N3O5. The van der Waals surface area contributed by atoms with Crippen LogP contribution in [-0.4, -0.2) is 61.1 Å². The first kappa shape index (κ1) is 18.8. The lowest BCUT2D eigenvalue weighted by Crippen LogP contribution is -2.51. The second kappa shape index (κ2) is 7.69. The SMILES string of the molecule is CCN(CC)C(=O)CN1C(=O)N[C@H](c2ccc(OC)cc2)C2=C1COC2=O. The Morgan fingerprint density at radius 1 is 1.26 bits per heavy atom. The Balaban J connectivity index is 1.92. The van der Waals surface area contributed by atoms with Crippen LogP contribution in [0.1, 0.15) is 25.5 Å². The van der Waals surface area contributed by atoms with E-state index in [9.17, 15) is 14.4 Å². The Kier molecular flexibility index (Phi) is 5.34. The van der Waals surface area contributed by atoms with E-state index in [4.69, 9.17) is 9.47 Å². The number of cyclic esters (lactones) is 1. The van der Waals surface area contributed by atoms with Crippen molar-refractivity contribution < 1.29 is 23.9 Å². The number of hydrogen-bond donors (Lipinski definition) is 1. The van der Waals surface area contributed by atoms with Gasteiger partial charge in [-0.2, -0.15) is 0 Å². The van der Waals surface area contributed by atoms with Crippen LogP contribution in [-0.2, 0) is 14.3 Å². The minimum atomic E-state index is -0.617. The zero-order chi connectivity index (χ0) is 19.6. The number of hydrogen-bond acceptors (Lipinski definition) is 5. The molecule has 8 nitrogen and oxygen atoms in total. The lowest BCUT2D eigenvalue weighted by molar-refractivity contribution is -0.136. The molecule has 2 aliphatic heterocycles. The van der Waals surface area contributed by atoms with Crippen molar-refractivity contribution in [1.29, 1.82) is 0 Å². The molecule has 3 rings (SSSR count). The highest BCUT2D eigenvalue weighted by atomic mass is 16.5. The number of carbonyl (C=O) groups excluding carboxylic acids is 3. The first-order valence-electron chi connectivity index (χ1n) is 8.90. The van der Waals surface area contributed by atoms with Gasteiger partial charge >= 0.3 is 12.0 Å². The number of rotatable bonds is 6. The fraction of sp³-hybridized carbons (Fsp3) is 0.421. The number of nitrogens with one attached hydrogen (secondary N) is 1. The summed E-state index contributed by atoms with van der Waals surface area (Å²) in [5.74, 6) is 0.0193. The number of esters is 1. The summed E-state index contributed by atoms with van der Waals surface area (Å²) in [6.45, 7) is 4.73. The minimum Gasteiger partial charge on any atom is -0.497 e. The molecule has 27 heavy (non-hydrogen) atoms. The fourth-order valence-corrected chi connectivity index (χ4v) is 3.34. The van der Waals surface area contributed by atoms with E-state index in [0.29, 0.717) is 30.1 Å². The maximum atomic E-state index is 12.7. The predicted molar refractivity (Wildman–Crippen MR) is 96.9 cm³/mol. The molecule has 144 valence electrons. The van der Waals surface area contributed by atoms with Crippen LogP contribution in [0.5, 0.6) is 5.75 Å². The van der Waals surface area contributed by atoms with Crippen LogP contribution in [0.4, 0.5) is 4.79 Å². The van der Waals surface area contributed by atoms with Gasteiger partial charge in [-0.3, -0.25) is 9.69 Å². The van der Waals surface area contributed by atoms with Crippen LogP contribution in [0.15, 0.2) is 35.5 Å². The number of urea groups is 1. The van der Waals surface area contributed by atoms with E-state index in [0.717, 1.165) is 5.56 Å². The van der Waals surface area contributed by atoms with Gasteiger partial charge in [0, 0.05) is 13.1 Å². The monoisotopic (exact) mass is 373 g/mol. The lowest BCUT2D eigenvalue weighted by Gasteiger charge is -2.33. The number of benzene rings is 1. The largest absolute Gasteiger partial charge is 0.497 e. The summed E-state index contributed by atoms with van der Waals surface area (Å²) < 4.78 is 10.3. The molecular weight excluding hydrogens is 350 g/mol. The summed E-state index contributed by atoms with van der Waals surface area (Å²) in [5.41, 5.74) is 1.56. The van der Waals surface area contributed by atoms with Crippen LogP contribution in [0.3, 0.4) is 0 Å². The molecule has 0 bridgehead atoms. The van der Waals surface area contributed by atoms with E-state index in [2.05, 4.69) is 5.32 Å². The lowest BCUT2D eigenvalue weighted by atomic mass is 9.95. The van der Waals surface area contributed by atoms with Crippen LogP contribution in [0, 0.1) is 0 Å². The average Bonchev–Trinajstić information content (AvgIpc) is 3.06. The highest BCUT2D eigenvalue weighted by Gasteiger charge is 2.42. The number of likely N-dealkylation sites (N-methyl/N-ethyl adjacent to an activating group) is 1. The molecule has 0 fully saturated rings. The molecule has 2 aliphatic rings. The summed E-state index contributed by atoms with van der Waals surface area (Å²) >= 11 is 0. The first-order valence-corrected chi connectivity index (χ1v) is 8.90. The molecule has 0 saturated carbocycles. The quantitative estimate of drug-likeness (QED) is 0.763. The zero-order valence-electron chi connectivity index (χ0n) is 15.7. The number of amides is 3. The van der Waals surface area contributed by atoms with Gasteiger partial charge in [-0.05, 0) is 31.5 Å². The predicted octanol–water partition coefficient (Wildman–Crippen LogP) is 1.44. The van der Waals surface area contributed by atoms with Gasteiger partial charge in [0.1, 0.15) is 18.9 Å². The van der Waals surface area contributed by atoms with E-state index in [1.54, 1.807) is 36.3 Å². The van der Waals surface area contributed by atoms with Gasteiger partial charge in [0.05, 0.1) is 24.4 Å². The molecule has 3 amide bonds. The Hall–Kier alpha value is -3.03. The molecule has 1 N–H and O–H groups in total. The fourth-order valence-electron chi connectivity index (χ4n) is 3.34. The van der Waals surface area contributed by atoms with E-state index >= 15 is 0 Å². The van der Waals surface area contributed by atoms with Crippen molar-refractivity contribution >= 4 is 17.9 Å². The van der Waals surface area contributed by atoms with Gasteiger partial charge in [-0.15, -0.1) is 0 Å². The summed E-state index contributed by atoms with van der Waals surface area (Å²) in [5, 5.41) is 2.82. The van der Waals surface area contributed by atoms with Crippen LogP contribution in [0.2, 0.25) is 0 Å². The molecule has 0 aromatic heterocycles. The second-order valence-electron chi connectivity index (χ2n) is 6.24. The van der Waals surface area contributed by atoms with Crippen molar-refractivity contribution in [2.45, 2.75) is 19.9 Å². The third-order valence-electron chi connectivity index (χ3n) is 4.86. The molecule has 1 atom stereocenters. The number of methoxy groups -OCH3 is 1. The molecule has 0 saturated heterocycles. The topological polar surface area (TPSA) is 88.2 Å². The molecule has 0 unspecified atom stereocenters. The van der Waals surface area contributed by atoms with E-state index in [1.807, 2.05) is 13.8 Å². The summed E-state index contributed by atoms with van der Waals surface area (Å²) in [6, 6.07) is 6.06. The third-order valence-corrected chi connectivity index (χ3v) is 4.86. The van der Waals surface area contributed by atoms with Gasteiger partial charge < -0.3 is 19.7 Å². The molecule has 0 spiro atoms. The van der Waals surface area contributed by atoms with E-state index in [-0.39, 0.29) is 19.1 Å². The number of ether oxygens (including phenoxy) is 2. The van der Waals surface area contributed by atoms with Crippen molar-refractivity contribution in [1.82, 2.24) is 15.1 Å². The zero-order valence-corrected chi connectivity index (χ0v) is 15.7. The Morgan fingerprint density at radius 3 is 2.52 bits per heavy atom. The Bertz CT molecular complexity index is 783. The smallest absolute Gasteiger partial charge is 0.338 e. The normalized spacial score (nSPS) is 18.8. The number of nitrogens with zero attached hydrogens (tertiary/aromatic N) is 2. The van der Waals surface area contributed by atoms with Crippen molar-refractivity contribution in [3.63, 3.8) is 0 Å². The van der Waals surface area contributed by atoms with Crippen molar-refractivity contribution in [3.05, 3.63) is 41.1 Å². The second-order valence-corrected chi connectivity index (χ2v) is 6.24. The molecule has 2 heterocycles. The highest BCUT2D eigenvalue weighted by Crippen LogP contribution is 2.35. The average molecular weight is 373 g/mol. The molecule has 1 aromatic rings. The van der Waals surface area contributed by atoms with Crippen molar-refractivity contribution in [2.24, 2.45) is 0 Å². The van der Waals surface area contributed by atoms with Crippen molar-refractivity contribution in [2.75, 3.05) is 33.4 Å². The first-order chi connectivity index (χ1) is 13.0. The molecule has 1 aromatic carbocycles. The molecule has 8 heteroatoms. The summed E-state index contributed by atoms with van der Waals surface area (Å²) in [4.78, 5) is 40.4. The van der Waals surface area contributed by atoms with Gasteiger partial charge in [-0.1, -0.05) is 12.1 Å². The molecule has 0 aliphatic carbocycles. The van der Waals surface area contributed by atoms with Gasteiger partial charge in [0.15, 0.2) is 0 Å². The van der Waals surface area contributed by atoms with Crippen molar-refractivity contribution in [3.8, 4) is 5.75 Å². The van der Waals surface area contributed by atoms with E-state index < -0.39 is 18.0 Å².